The molecule has 1 aliphatic heterocycles. The van der Waals surface area contributed by atoms with Crippen LogP contribution in [-0.4, -0.2) is 103 Å². The molecule has 2 heterocycles. The zero-order chi connectivity index (χ0) is 60.5. The summed E-state index contributed by atoms with van der Waals surface area (Å²) in [5, 5.41) is 29.3. The number of benzene rings is 4. The second kappa shape index (κ2) is 29.7. The number of primary amides is 1. The number of phenols is 1. The minimum absolute atomic E-state index is 0.0467. The Bertz CT molecular complexity index is 3360. The van der Waals surface area contributed by atoms with E-state index in [1.165, 1.54) is 83.5 Å². The number of nitrogens with two attached hydrogens (primary N) is 1. The molecule has 2 aliphatic rings. The normalized spacial score (nSPS) is 14.2. The number of aromatic nitrogens is 2. The minimum Gasteiger partial charge on any atom is -0.508 e. The Morgan fingerprint density at radius 1 is 0.735 bits per heavy atom. The monoisotopic (exact) mass is 1140 g/mol. The topological polar surface area (TPSA) is 341 Å². The molecule has 6 rings (SSSR count). The van der Waals surface area contributed by atoms with Crippen LogP contribution in [0, 0.1) is 23.7 Å². The van der Waals surface area contributed by atoms with Gasteiger partial charge in [0.2, 0.25) is 23.6 Å². The van der Waals surface area contributed by atoms with Gasteiger partial charge in [0.15, 0.2) is 28.6 Å². The number of nitrogens with one attached hydrogen (secondary N) is 4. The third-order valence-corrected chi connectivity index (χ3v) is 14.6. The molecule has 0 bridgehead atoms. The highest BCUT2D eigenvalue weighted by atomic mass is 16.5. The Morgan fingerprint density at radius 2 is 1.45 bits per heavy atom. The van der Waals surface area contributed by atoms with Crippen molar-refractivity contribution in [2.45, 2.75) is 129 Å². The highest BCUT2D eigenvalue weighted by molar-refractivity contribution is 6.06. The van der Waals surface area contributed by atoms with E-state index in [0.717, 1.165) is 5.56 Å². The van der Waals surface area contributed by atoms with Crippen molar-refractivity contribution in [1.29, 1.82) is 0 Å². The maximum Gasteiger partial charge on any atom is 0.298 e. The predicted molar refractivity (Wildman–Crippen MR) is 305 cm³/mol. The summed E-state index contributed by atoms with van der Waals surface area (Å²) >= 11 is 0. The van der Waals surface area contributed by atoms with E-state index in [2.05, 4.69) is 25.9 Å². The predicted octanol–water partition coefficient (Wildman–Crippen LogP) is 5.85. The van der Waals surface area contributed by atoms with Crippen molar-refractivity contribution in [2.24, 2.45) is 29.4 Å². The van der Waals surface area contributed by atoms with Crippen LogP contribution in [0.5, 0.6) is 11.5 Å². The summed E-state index contributed by atoms with van der Waals surface area (Å²) in [6.07, 6.45) is 2.08. The van der Waals surface area contributed by atoms with Gasteiger partial charge in [0, 0.05) is 108 Å². The van der Waals surface area contributed by atoms with E-state index in [1.54, 1.807) is 42.5 Å². The fraction of sp³-hybridized carbons (Fsp3) is 0.387. The SMILES string of the molecule is CC(=O)C[C@H](CCCCCC(=O)c1ccc(OC=O)c(-c2c3ccc(=O)cc-3oc3cc(O)ccc23)c1)C(=O)N[C@H](C)C(=O)C[C@H](C)C(=O)N[C@H](C)C(=O)C[C@@H](C(=O)N[C@H](Cc1cnc[nH]1)C(=O)C[C@H](Cc1ccccc1)C(N)=O)[C@H](C)O. The fourth-order valence-electron chi connectivity index (χ4n) is 9.87. The third-order valence-electron chi connectivity index (χ3n) is 14.6. The summed E-state index contributed by atoms with van der Waals surface area (Å²) in [5.74, 6) is -8.62. The van der Waals surface area contributed by atoms with Crippen LogP contribution in [0.1, 0.15) is 114 Å². The van der Waals surface area contributed by atoms with Crippen LogP contribution in [-0.2, 0) is 56.0 Å². The number of rotatable bonds is 33. The van der Waals surface area contributed by atoms with Crippen molar-refractivity contribution in [3.8, 4) is 33.9 Å². The lowest BCUT2D eigenvalue weighted by atomic mass is 9.89. The number of aromatic hydroxyl groups is 1. The van der Waals surface area contributed by atoms with Gasteiger partial charge in [-0.15, -0.1) is 0 Å². The van der Waals surface area contributed by atoms with Gasteiger partial charge in [-0.3, -0.25) is 47.9 Å². The Balaban J connectivity index is 0.986. The van der Waals surface area contributed by atoms with Crippen molar-refractivity contribution in [3.05, 3.63) is 124 Å². The number of aromatic amines is 1. The van der Waals surface area contributed by atoms with E-state index < -0.39 is 95.3 Å². The molecule has 0 saturated heterocycles. The number of aliphatic hydroxyl groups is 1. The number of amides is 4. The van der Waals surface area contributed by atoms with Crippen molar-refractivity contribution >= 4 is 70.0 Å². The van der Waals surface area contributed by atoms with E-state index in [9.17, 15) is 63.0 Å². The van der Waals surface area contributed by atoms with Crippen molar-refractivity contribution in [1.82, 2.24) is 25.9 Å². The minimum atomic E-state index is -1.38. The molecule has 0 unspecified atom stereocenters. The van der Waals surface area contributed by atoms with Crippen LogP contribution in [0.15, 0.2) is 107 Å². The van der Waals surface area contributed by atoms with E-state index in [4.69, 9.17) is 14.9 Å². The quantitative estimate of drug-likeness (QED) is 0.0110. The fourth-order valence-corrected chi connectivity index (χ4v) is 9.87. The first kappa shape index (κ1) is 63.2. The van der Waals surface area contributed by atoms with Gasteiger partial charge in [-0.25, -0.2) is 4.98 Å². The molecular formula is C62H70N6O15. The number of ether oxygens (including phenoxy) is 1. The molecule has 438 valence electrons. The van der Waals surface area contributed by atoms with E-state index >= 15 is 0 Å². The Morgan fingerprint density at radius 3 is 2.11 bits per heavy atom. The summed E-state index contributed by atoms with van der Waals surface area (Å²) < 4.78 is 11.3. The van der Waals surface area contributed by atoms with Crippen LogP contribution < -0.4 is 31.8 Å². The van der Waals surface area contributed by atoms with Gasteiger partial charge < -0.3 is 50.8 Å². The molecule has 0 spiro atoms. The van der Waals surface area contributed by atoms with Crippen LogP contribution >= 0.6 is 0 Å². The third kappa shape index (κ3) is 17.8. The van der Waals surface area contributed by atoms with Gasteiger partial charge in [0.25, 0.3) is 6.47 Å². The lowest BCUT2D eigenvalue weighted by Gasteiger charge is -2.25. The second-order valence-electron chi connectivity index (χ2n) is 21.2. The molecule has 1 aromatic heterocycles. The van der Waals surface area contributed by atoms with Gasteiger partial charge in [-0.1, -0.05) is 50.1 Å². The molecule has 8 N–H and O–H groups in total. The Labute approximate surface area is 478 Å². The molecular weight excluding hydrogens is 1070 g/mol. The molecule has 8 atom stereocenters. The molecule has 4 aromatic rings. The smallest absolute Gasteiger partial charge is 0.298 e. The lowest BCUT2D eigenvalue weighted by Crippen LogP contribution is -2.49. The molecule has 21 nitrogen and oxygen atoms in total. The van der Waals surface area contributed by atoms with Gasteiger partial charge in [0.05, 0.1) is 36.5 Å². The van der Waals surface area contributed by atoms with E-state index in [0.29, 0.717) is 52.6 Å². The molecule has 0 saturated carbocycles. The van der Waals surface area contributed by atoms with Crippen LogP contribution in [0.3, 0.4) is 0 Å². The number of H-pyrrole nitrogens is 1. The Hall–Kier alpha value is -8.98. The number of phenolic OH excluding ortho intramolecular Hbond substituents is 1. The average Bonchev–Trinajstić information content (AvgIpc) is 4.04. The zero-order valence-electron chi connectivity index (χ0n) is 46.9. The van der Waals surface area contributed by atoms with Crippen molar-refractivity contribution in [3.63, 3.8) is 0 Å². The number of imidazole rings is 1. The first-order valence-corrected chi connectivity index (χ1v) is 27.5. The van der Waals surface area contributed by atoms with Gasteiger partial charge in [0.1, 0.15) is 28.6 Å². The van der Waals surface area contributed by atoms with Crippen LogP contribution in [0.4, 0.5) is 0 Å². The molecule has 1 aliphatic carbocycles. The first-order valence-electron chi connectivity index (χ1n) is 27.5. The molecule has 4 amide bonds. The second-order valence-corrected chi connectivity index (χ2v) is 21.2. The van der Waals surface area contributed by atoms with E-state index in [-0.39, 0.29) is 91.3 Å². The summed E-state index contributed by atoms with van der Waals surface area (Å²) in [5.41, 5.74) is 8.56. The first-order chi connectivity index (χ1) is 39.5. The van der Waals surface area contributed by atoms with Crippen LogP contribution in [0.2, 0.25) is 0 Å². The molecule has 0 radical (unpaired) electrons. The average molecular weight is 1140 g/mol. The summed E-state index contributed by atoms with van der Waals surface area (Å²) in [7, 11) is 0. The van der Waals surface area contributed by atoms with Crippen LogP contribution in [0.25, 0.3) is 33.4 Å². The maximum atomic E-state index is 13.8. The Kier molecular flexibility index (Phi) is 22.6. The summed E-state index contributed by atoms with van der Waals surface area (Å²) in [4.78, 5) is 151. The highest BCUT2D eigenvalue weighted by Crippen LogP contribution is 2.44. The number of carbonyl (C=O) groups excluding carboxylic acids is 10. The molecule has 0 fully saturated rings. The van der Waals surface area contributed by atoms with Gasteiger partial charge in [-0.05, 0) is 95.0 Å². The highest BCUT2D eigenvalue weighted by Gasteiger charge is 2.35. The van der Waals surface area contributed by atoms with E-state index in [1.807, 2.05) is 6.07 Å². The van der Waals surface area contributed by atoms with Crippen molar-refractivity contribution < 1.29 is 67.3 Å². The number of aliphatic hydroxyl groups excluding tert-OH is 1. The maximum absolute atomic E-state index is 13.8. The number of hydrogen-bond acceptors (Lipinski definition) is 16. The molecule has 21 heteroatoms. The summed E-state index contributed by atoms with van der Waals surface area (Å²) in [6.45, 7) is 7.22. The van der Waals surface area contributed by atoms with Gasteiger partial charge >= 0.3 is 0 Å². The number of carbonyl (C=O) groups is 10. The molecule has 3 aromatic carbocycles. The number of ketones is 5. The summed E-state index contributed by atoms with van der Waals surface area (Å²) in [6, 6.07) is 18.8. The molecule has 83 heavy (non-hydrogen) atoms. The number of Topliss-reactive ketones (excluding diaryl/α,β-unsaturated/α-hetero) is 5. The lowest BCUT2D eigenvalue weighted by molar-refractivity contribution is -0.137. The zero-order valence-corrected chi connectivity index (χ0v) is 46.9. The number of fused-ring (bicyclic) bond motifs is 2. The number of unbranched alkanes of at least 4 members (excludes halogenated alkanes) is 2. The van der Waals surface area contributed by atoms with Crippen molar-refractivity contribution in [2.75, 3.05) is 0 Å². The van der Waals surface area contributed by atoms with Gasteiger partial charge in [-0.2, -0.15) is 0 Å². The standard InChI is InChI=1S/C62H70N6O15/c1-34(60(79)66-37(4)53(76)30-48(38(5)71)62(81)68-50(27-43-31-64-32-65-43)54(77)26-42(59(63)78)24-39-12-8-6-9-13-39)22-52(75)36(3)67-61(80)41(23-35(2)70)14-10-7-11-15-51(74)40-16-21-55(82-33-69)49(25-40)58-46-19-17-44(72)28-56(46)83-57-29-45(73)18-20-47(57)58/h6,8-9,12-13,16-21,25,28-29,31-34,36-38,41-42,48,50,71-72H,7,10-11,14-15,22-24,26-27,30H2,1-5H3,(H2,63,78)(H,64,65)(H,66,79)(H,67,80)(H,68,81)/t34-,36+,37+,38-,41-,42-,48+,50+/m0/s1. The largest absolute Gasteiger partial charge is 0.508 e. The number of nitrogens with zero attached hydrogens (tertiary/aromatic N) is 1. The number of hydrogen-bond donors (Lipinski definition) is 7.